The van der Waals surface area contributed by atoms with Crippen LogP contribution in [0.2, 0.25) is 0 Å². The Kier molecular flexibility index (Phi) is 9.52. The van der Waals surface area contributed by atoms with Crippen molar-refractivity contribution >= 4 is 5.97 Å². The molecule has 0 aromatic carbocycles. The third-order valence-corrected chi connectivity index (χ3v) is 3.69. The van der Waals surface area contributed by atoms with Crippen molar-refractivity contribution in [1.82, 2.24) is 0 Å². The SMILES string of the molecule is CCC/C=C/C=C/C=C\[C@H]1OC[C@H](C)[C@@H](OC)[C@H]1OC(=O)CN. The summed E-state index contributed by atoms with van der Waals surface area (Å²) < 4.78 is 16.7. The number of carbonyl (C=O) groups is 1. The molecule has 1 saturated heterocycles. The predicted octanol–water partition coefficient (Wildman–Crippen LogP) is 2.38. The molecule has 0 amide bonds. The van der Waals surface area contributed by atoms with Gasteiger partial charge in [0.2, 0.25) is 0 Å². The van der Waals surface area contributed by atoms with Crippen molar-refractivity contribution < 1.29 is 19.0 Å². The molecular formula is C18H29NO4. The van der Waals surface area contributed by atoms with Gasteiger partial charge in [-0.25, -0.2) is 0 Å². The van der Waals surface area contributed by atoms with Crippen molar-refractivity contribution in [1.29, 1.82) is 0 Å². The smallest absolute Gasteiger partial charge is 0.320 e. The van der Waals surface area contributed by atoms with Gasteiger partial charge >= 0.3 is 5.97 Å². The molecule has 1 rings (SSSR count). The van der Waals surface area contributed by atoms with Gasteiger partial charge in [0.15, 0.2) is 6.10 Å². The molecule has 0 unspecified atom stereocenters. The van der Waals surface area contributed by atoms with Gasteiger partial charge in [-0.15, -0.1) is 0 Å². The van der Waals surface area contributed by atoms with Crippen LogP contribution in [0.15, 0.2) is 36.5 Å². The molecule has 0 aromatic heterocycles. The Balaban J connectivity index is 2.70. The molecule has 2 N–H and O–H groups in total. The molecule has 5 nitrogen and oxygen atoms in total. The summed E-state index contributed by atoms with van der Waals surface area (Å²) in [5.74, 6) is -0.307. The van der Waals surface area contributed by atoms with Crippen LogP contribution in [0.4, 0.5) is 0 Å². The molecular weight excluding hydrogens is 294 g/mol. The highest BCUT2D eigenvalue weighted by molar-refractivity contribution is 5.71. The zero-order valence-corrected chi connectivity index (χ0v) is 14.3. The summed E-state index contributed by atoms with van der Waals surface area (Å²) in [5, 5.41) is 0. The van der Waals surface area contributed by atoms with Gasteiger partial charge < -0.3 is 19.9 Å². The van der Waals surface area contributed by atoms with E-state index in [-0.39, 0.29) is 24.7 Å². The van der Waals surface area contributed by atoms with E-state index in [2.05, 4.69) is 13.0 Å². The number of rotatable bonds is 8. The van der Waals surface area contributed by atoms with E-state index < -0.39 is 12.1 Å². The Morgan fingerprint density at radius 1 is 1.26 bits per heavy atom. The zero-order valence-electron chi connectivity index (χ0n) is 14.3. The number of hydrogen-bond donors (Lipinski definition) is 1. The topological polar surface area (TPSA) is 70.8 Å². The molecule has 0 radical (unpaired) electrons. The molecule has 1 aliphatic heterocycles. The number of ether oxygens (including phenoxy) is 3. The largest absolute Gasteiger partial charge is 0.455 e. The number of allylic oxidation sites excluding steroid dienone is 5. The van der Waals surface area contributed by atoms with E-state index in [4.69, 9.17) is 19.9 Å². The van der Waals surface area contributed by atoms with Crippen molar-refractivity contribution in [3.8, 4) is 0 Å². The van der Waals surface area contributed by atoms with Crippen LogP contribution in [0, 0.1) is 5.92 Å². The number of carbonyl (C=O) groups excluding carboxylic acids is 1. The monoisotopic (exact) mass is 323 g/mol. The molecule has 4 atom stereocenters. The van der Waals surface area contributed by atoms with Gasteiger partial charge in [-0.3, -0.25) is 4.79 Å². The minimum Gasteiger partial charge on any atom is -0.455 e. The lowest BCUT2D eigenvalue weighted by Crippen LogP contribution is -2.52. The molecule has 0 saturated carbocycles. The number of hydrogen-bond acceptors (Lipinski definition) is 5. The maximum Gasteiger partial charge on any atom is 0.320 e. The molecule has 1 aliphatic rings. The Hall–Kier alpha value is -1.43. The fraction of sp³-hybridized carbons (Fsp3) is 0.611. The second-order valence-electron chi connectivity index (χ2n) is 5.62. The van der Waals surface area contributed by atoms with Crippen molar-refractivity contribution in [2.75, 3.05) is 20.3 Å². The van der Waals surface area contributed by atoms with Crippen LogP contribution >= 0.6 is 0 Å². The average molecular weight is 323 g/mol. The third-order valence-electron chi connectivity index (χ3n) is 3.69. The van der Waals surface area contributed by atoms with E-state index in [1.807, 2.05) is 37.3 Å². The van der Waals surface area contributed by atoms with E-state index in [1.165, 1.54) is 0 Å². The van der Waals surface area contributed by atoms with Gasteiger partial charge in [-0.05, 0) is 6.42 Å². The van der Waals surface area contributed by atoms with E-state index >= 15 is 0 Å². The summed E-state index contributed by atoms with van der Waals surface area (Å²) in [7, 11) is 1.62. The lowest BCUT2D eigenvalue weighted by Gasteiger charge is -2.39. The van der Waals surface area contributed by atoms with Gasteiger partial charge in [-0.1, -0.05) is 56.7 Å². The maximum atomic E-state index is 11.6. The summed E-state index contributed by atoms with van der Waals surface area (Å²) in [6.45, 7) is 4.56. The van der Waals surface area contributed by atoms with Crippen LogP contribution in [0.5, 0.6) is 0 Å². The molecule has 0 spiro atoms. The second kappa shape index (κ2) is 11.2. The summed E-state index contributed by atoms with van der Waals surface area (Å²) in [5.41, 5.74) is 5.34. The van der Waals surface area contributed by atoms with E-state index in [0.29, 0.717) is 6.61 Å². The van der Waals surface area contributed by atoms with E-state index in [1.54, 1.807) is 7.11 Å². The number of nitrogens with two attached hydrogens (primary N) is 1. The van der Waals surface area contributed by atoms with E-state index in [0.717, 1.165) is 12.8 Å². The highest BCUT2D eigenvalue weighted by atomic mass is 16.6. The first-order valence-electron chi connectivity index (χ1n) is 8.18. The minimum absolute atomic E-state index is 0.146. The zero-order chi connectivity index (χ0) is 17.1. The first-order chi connectivity index (χ1) is 11.1. The number of methoxy groups -OCH3 is 1. The summed E-state index contributed by atoms with van der Waals surface area (Å²) in [4.78, 5) is 11.6. The standard InChI is InChI=1S/C18H29NO4/c1-4-5-6-7-8-9-10-11-15-18(23-16(20)12-19)17(21-3)14(2)13-22-15/h6-11,14-15,17-18H,4-5,12-13,19H2,1-3H3/b7-6+,9-8+,11-10-/t14-,15+,17+,18-/m0/s1. The molecule has 23 heavy (non-hydrogen) atoms. The lowest BCUT2D eigenvalue weighted by molar-refractivity contribution is -0.189. The van der Waals surface area contributed by atoms with Crippen LogP contribution in [-0.2, 0) is 19.0 Å². The van der Waals surface area contributed by atoms with Crippen LogP contribution in [0.25, 0.3) is 0 Å². The molecule has 0 bridgehead atoms. The fourth-order valence-electron chi connectivity index (χ4n) is 2.47. The van der Waals surface area contributed by atoms with Crippen LogP contribution in [0.3, 0.4) is 0 Å². The van der Waals surface area contributed by atoms with Crippen LogP contribution < -0.4 is 5.73 Å². The minimum atomic E-state index is -0.486. The van der Waals surface area contributed by atoms with Crippen molar-refractivity contribution in [2.24, 2.45) is 11.7 Å². The van der Waals surface area contributed by atoms with Crippen molar-refractivity contribution in [3.05, 3.63) is 36.5 Å². The fourth-order valence-corrected chi connectivity index (χ4v) is 2.47. The maximum absolute atomic E-state index is 11.6. The number of esters is 1. The van der Waals surface area contributed by atoms with Gasteiger partial charge in [0, 0.05) is 13.0 Å². The Labute approximate surface area is 139 Å². The molecule has 130 valence electrons. The average Bonchev–Trinajstić information content (AvgIpc) is 2.55. The quantitative estimate of drug-likeness (QED) is 0.548. The summed E-state index contributed by atoms with van der Waals surface area (Å²) >= 11 is 0. The first kappa shape index (κ1) is 19.6. The molecule has 1 heterocycles. The molecule has 1 fully saturated rings. The molecule has 0 aromatic rings. The normalized spacial score (nSPS) is 28.9. The molecule has 0 aliphatic carbocycles. The highest BCUT2D eigenvalue weighted by Gasteiger charge is 2.40. The van der Waals surface area contributed by atoms with Gasteiger partial charge in [0.25, 0.3) is 0 Å². The summed E-state index contributed by atoms with van der Waals surface area (Å²) in [6.07, 6.45) is 13.0. The highest BCUT2D eigenvalue weighted by Crippen LogP contribution is 2.26. The first-order valence-corrected chi connectivity index (χ1v) is 8.18. The molecule has 5 heteroatoms. The van der Waals surface area contributed by atoms with Gasteiger partial charge in [0.05, 0.1) is 13.2 Å². The number of unbranched alkanes of at least 4 members (excludes halogenated alkanes) is 1. The van der Waals surface area contributed by atoms with Gasteiger partial charge in [0.1, 0.15) is 12.2 Å². The van der Waals surface area contributed by atoms with Crippen LogP contribution in [-0.4, -0.2) is 44.5 Å². The van der Waals surface area contributed by atoms with Crippen molar-refractivity contribution in [2.45, 2.75) is 45.0 Å². The lowest BCUT2D eigenvalue weighted by atomic mass is 9.93. The predicted molar refractivity (Wildman–Crippen MR) is 91.0 cm³/mol. The van der Waals surface area contributed by atoms with E-state index in [9.17, 15) is 4.79 Å². The summed E-state index contributed by atoms with van der Waals surface area (Å²) in [6, 6.07) is 0. The second-order valence-corrected chi connectivity index (χ2v) is 5.62. The Morgan fingerprint density at radius 2 is 2.00 bits per heavy atom. The van der Waals surface area contributed by atoms with Crippen molar-refractivity contribution in [3.63, 3.8) is 0 Å². The third kappa shape index (κ3) is 6.69. The Bertz CT molecular complexity index is 431. The van der Waals surface area contributed by atoms with Crippen LogP contribution in [0.1, 0.15) is 26.7 Å². The Morgan fingerprint density at radius 3 is 2.65 bits per heavy atom. The van der Waals surface area contributed by atoms with Gasteiger partial charge in [-0.2, -0.15) is 0 Å².